The van der Waals surface area contributed by atoms with Gasteiger partial charge in [0.2, 0.25) is 11.8 Å². The Bertz CT molecular complexity index is 1130. The number of anilines is 1. The van der Waals surface area contributed by atoms with E-state index in [1.165, 1.54) is 12.2 Å². The lowest BCUT2D eigenvalue weighted by Crippen LogP contribution is -2.08. The van der Waals surface area contributed by atoms with Crippen LogP contribution in [0.3, 0.4) is 0 Å². The second-order valence-electron chi connectivity index (χ2n) is 5.87. The molecule has 0 aliphatic carbocycles. The molecule has 0 aliphatic heterocycles. The normalized spacial score (nSPS) is 11.0. The molecule has 0 saturated carbocycles. The molecular formula is C22H15ClN2O3. The summed E-state index contributed by atoms with van der Waals surface area (Å²) in [4.78, 5) is 16.6. The molecule has 0 unspecified atom stereocenters. The number of para-hydroxylation sites is 5. The Balaban J connectivity index is 1.49. The third-order valence-electron chi connectivity index (χ3n) is 3.89. The van der Waals surface area contributed by atoms with Crippen LogP contribution in [0.4, 0.5) is 5.69 Å². The molecule has 1 heterocycles. The monoisotopic (exact) mass is 390 g/mol. The predicted molar refractivity (Wildman–Crippen MR) is 110 cm³/mol. The van der Waals surface area contributed by atoms with Gasteiger partial charge in [0.1, 0.15) is 11.3 Å². The molecule has 0 atom stereocenters. The van der Waals surface area contributed by atoms with E-state index in [1.807, 2.05) is 42.5 Å². The molecule has 4 aromatic rings. The Morgan fingerprint density at radius 3 is 2.50 bits per heavy atom. The molecule has 5 nitrogen and oxygen atoms in total. The van der Waals surface area contributed by atoms with E-state index >= 15 is 0 Å². The standard InChI is InChI=1S/C22H15ClN2O3/c23-15-7-1-4-10-18(15)27-19-11-5-2-8-16(19)24-21(26)13-14-22-25-17-9-3-6-12-20(17)28-22/h1-14H,(H,24,26)/b14-13-. The summed E-state index contributed by atoms with van der Waals surface area (Å²) in [7, 11) is 0. The van der Waals surface area contributed by atoms with Gasteiger partial charge in [-0.3, -0.25) is 4.79 Å². The zero-order chi connectivity index (χ0) is 19.3. The van der Waals surface area contributed by atoms with Crippen molar-refractivity contribution in [1.82, 2.24) is 4.98 Å². The third kappa shape index (κ3) is 4.05. The second-order valence-corrected chi connectivity index (χ2v) is 6.28. The smallest absolute Gasteiger partial charge is 0.248 e. The molecule has 138 valence electrons. The van der Waals surface area contributed by atoms with Gasteiger partial charge in [-0.05, 0) is 36.4 Å². The van der Waals surface area contributed by atoms with Crippen LogP contribution in [0.25, 0.3) is 17.2 Å². The van der Waals surface area contributed by atoms with Gasteiger partial charge < -0.3 is 14.5 Å². The average Bonchev–Trinajstić information content (AvgIpc) is 3.13. The molecule has 0 bridgehead atoms. The van der Waals surface area contributed by atoms with E-state index < -0.39 is 0 Å². The van der Waals surface area contributed by atoms with Gasteiger partial charge in [-0.15, -0.1) is 0 Å². The minimum atomic E-state index is -0.336. The van der Waals surface area contributed by atoms with E-state index in [0.717, 1.165) is 5.52 Å². The van der Waals surface area contributed by atoms with Gasteiger partial charge in [0.15, 0.2) is 11.3 Å². The van der Waals surface area contributed by atoms with E-state index in [1.54, 1.807) is 30.3 Å². The number of hydrogen-bond donors (Lipinski definition) is 1. The van der Waals surface area contributed by atoms with Gasteiger partial charge in [0.25, 0.3) is 0 Å². The van der Waals surface area contributed by atoms with E-state index in [9.17, 15) is 4.79 Å². The van der Waals surface area contributed by atoms with Crippen LogP contribution in [0, 0.1) is 0 Å². The van der Waals surface area contributed by atoms with Crippen molar-refractivity contribution in [1.29, 1.82) is 0 Å². The van der Waals surface area contributed by atoms with Crippen LogP contribution in [-0.4, -0.2) is 10.9 Å². The predicted octanol–water partition coefficient (Wildman–Crippen LogP) is 5.93. The number of fused-ring (bicyclic) bond motifs is 1. The first-order chi connectivity index (χ1) is 13.7. The van der Waals surface area contributed by atoms with Crippen molar-refractivity contribution in [3.63, 3.8) is 0 Å². The summed E-state index contributed by atoms with van der Waals surface area (Å²) < 4.78 is 11.4. The quantitative estimate of drug-likeness (QED) is 0.429. The number of amides is 1. The van der Waals surface area contributed by atoms with E-state index in [-0.39, 0.29) is 5.91 Å². The Morgan fingerprint density at radius 1 is 0.964 bits per heavy atom. The maximum atomic E-state index is 12.3. The first-order valence-electron chi connectivity index (χ1n) is 8.55. The molecular weight excluding hydrogens is 376 g/mol. The zero-order valence-corrected chi connectivity index (χ0v) is 15.4. The van der Waals surface area contributed by atoms with Crippen LogP contribution >= 0.6 is 11.6 Å². The summed E-state index contributed by atoms with van der Waals surface area (Å²) in [6, 6.07) is 21.7. The number of hydrogen-bond acceptors (Lipinski definition) is 4. The van der Waals surface area contributed by atoms with Crippen molar-refractivity contribution in [2.75, 3.05) is 5.32 Å². The van der Waals surface area contributed by atoms with Crippen molar-refractivity contribution in [3.8, 4) is 11.5 Å². The highest BCUT2D eigenvalue weighted by Crippen LogP contribution is 2.33. The first kappa shape index (κ1) is 17.8. The first-order valence-corrected chi connectivity index (χ1v) is 8.93. The van der Waals surface area contributed by atoms with Crippen LogP contribution in [0.1, 0.15) is 5.89 Å². The number of nitrogens with one attached hydrogen (secondary N) is 1. The number of ether oxygens (including phenoxy) is 1. The summed E-state index contributed by atoms with van der Waals surface area (Å²) >= 11 is 6.14. The van der Waals surface area contributed by atoms with Gasteiger partial charge in [-0.25, -0.2) is 4.98 Å². The fourth-order valence-corrected chi connectivity index (χ4v) is 2.76. The summed E-state index contributed by atoms with van der Waals surface area (Å²) in [6.45, 7) is 0. The van der Waals surface area contributed by atoms with Crippen LogP contribution in [0.15, 0.2) is 83.3 Å². The minimum Gasteiger partial charge on any atom is -0.454 e. The van der Waals surface area contributed by atoms with Gasteiger partial charge in [-0.1, -0.05) is 48.0 Å². The molecule has 0 spiro atoms. The fourth-order valence-electron chi connectivity index (χ4n) is 2.59. The van der Waals surface area contributed by atoms with Gasteiger partial charge in [-0.2, -0.15) is 0 Å². The number of aromatic nitrogens is 1. The molecule has 1 amide bonds. The molecule has 0 fully saturated rings. The lowest BCUT2D eigenvalue weighted by atomic mass is 10.2. The average molecular weight is 391 g/mol. The topological polar surface area (TPSA) is 64.4 Å². The van der Waals surface area contributed by atoms with E-state index in [0.29, 0.717) is 33.7 Å². The second kappa shape index (κ2) is 7.98. The molecule has 0 radical (unpaired) electrons. The van der Waals surface area contributed by atoms with Crippen molar-refractivity contribution in [3.05, 3.63) is 89.8 Å². The summed E-state index contributed by atoms with van der Waals surface area (Å²) in [5, 5.41) is 3.28. The summed E-state index contributed by atoms with van der Waals surface area (Å²) in [5.41, 5.74) is 1.93. The van der Waals surface area contributed by atoms with Gasteiger partial charge in [0.05, 0.1) is 10.7 Å². The number of carbonyl (C=O) groups is 1. The molecule has 6 heteroatoms. The Labute approximate surface area is 166 Å². The largest absolute Gasteiger partial charge is 0.454 e. The molecule has 3 aromatic carbocycles. The number of carbonyl (C=O) groups excluding carboxylic acids is 1. The van der Waals surface area contributed by atoms with Crippen LogP contribution in [0.5, 0.6) is 11.5 Å². The zero-order valence-electron chi connectivity index (χ0n) is 14.6. The molecule has 0 aliphatic rings. The maximum Gasteiger partial charge on any atom is 0.248 e. The molecule has 0 saturated heterocycles. The fraction of sp³-hybridized carbons (Fsp3) is 0. The van der Waals surface area contributed by atoms with Crippen molar-refractivity contribution in [2.45, 2.75) is 0 Å². The van der Waals surface area contributed by atoms with E-state index in [4.69, 9.17) is 20.8 Å². The van der Waals surface area contributed by atoms with Crippen molar-refractivity contribution in [2.24, 2.45) is 0 Å². The molecule has 1 aromatic heterocycles. The highest BCUT2D eigenvalue weighted by molar-refractivity contribution is 6.32. The Kier molecular flexibility index (Phi) is 5.08. The van der Waals surface area contributed by atoms with Crippen LogP contribution in [-0.2, 0) is 4.79 Å². The number of benzene rings is 3. The van der Waals surface area contributed by atoms with Gasteiger partial charge >= 0.3 is 0 Å². The number of nitrogens with zero attached hydrogens (tertiary/aromatic N) is 1. The third-order valence-corrected chi connectivity index (χ3v) is 4.20. The maximum absolute atomic E-state index is 12.3. The van der Waals surface area contributed by atoms with Crippen LogP contribution < -0.4 is 10.1 Å². The number of oxazole rings is 1. The molecule has 28 heavy (non-hydrogen) atoms. The Morgan fingerprint density at radius 2 is 1.68 bits per heavy atom. The number of rotatable bonds is 5. The van der Waals surface area contributed by atoms with Crippen LogP contribution in [0.2, 0.25) is 5.02 Å². The SMILES string of the molecule is O=C(/C=C\c1nc2ccccc2o1)Nc1ccccc1Oc1ccccc1Cl. The lowest BCUT2D eigenvalue weighted by Gasteiger charge is -2.12. The van der Waals surface area contributed by atoms with Crippen molar-refractivity contribution >= 4 is 40.4 Å². The number of halogens is 1. The highest BCUT2D eigenvalue weighted by Gasteiger charge is 2.09. The highest BCUT2D eigenvalue weighted by atomic mass is 35.5. The summed E-state index contributed by atoms with van der Waals surface area (Å²) in [5.74, 6) is 1.02. The molecule has 1 N–H and O–H groups in total. The molecule has 4 rings (SSSR count). The summed E-state index contributed by atoms with van der Waals surface area (Å²) in [6.07, 6.45) is 2.88. The minimum absolute atomic E-state index is 0.336. The lowest BCUT2D eigenvalue weighted by molar-refractivity contribution is -0.111. The van der Waals surface area contributed by atoms with Gasteiger partial charge in [0, 0.05) is 12.2 Å². The van der Waals surface area contributed by atoms with E-state index in [2.05, 4.69) is 10.3 Å². The van der Waals surface area contributed by atoms with Crippen molar-refractivity contribution < 1.29 is 13.9 Å². The Hall–Kier alpha value is -3.57.